The van der Waals surface area contributed by atoms with Gasteiger partial charge in [0.1, 0.15) is 0 Å². The summed E-state index contributed by atoms with van der Waals surface area (Å²) in [5, 5.41) is 0. The van der Waals surface area contributed by atoms with Crippen molar-refractivity contribution in [3.8, 4) is 0 Å². The Labute approximate surface area is 156 Å². The maximum Gasteiger partial charge on any atom is 0.216 e. The van der Waals surface area contributed by atoms with E-state index in [1.54, 1.807) is 4.31 Å². The molecule has 0 N–H and O–H groups in total. The van der Waals surface area contributed by atoms with Crippen LogP contribution in [0.5, 0.6) is 0 Å². The van der Waals surface area contributed by atoms with Crippen LogP contribution in [-0.4, -0.2) is 50.9 Å². The Morgan fingerprint density at radius 1 is 1.27 bits per heavy atom. The van der Waals surface area contributed by atoms with Gasteiger partial charge < -0.3 is 9.47 Å². The maximum atomic E-state index is 12.9. The maximum absolute atomic E-state index is 12.9. The minimum atomic E-state index is -3.29. The van der Waals surface area contributed by atoms with Gasteiger partial charge in [-0.25, -0.2) is 12.7 Å². The Hall–Kier alpha value is -0.950. The lowest BCUT2D eigenvalue weighted by Crippen LogP contribution is -2.49. The van der Waals surface area contributed by atoms with E-state index >= 15 is 0 Å². The van der Waals surface area contributed by atoms with Gasteiger partial charge in [-0.3, -0.25) is 0 Å². The molecule has 1 atom stereocenters. The van der Waals surface area contributed by atoms with Gasteiger partial charge in [-0.15, -0.1) is 0 Å². The molecule has 1 aromatic rings. The zero-order chi connectivity index (χ0) is 18.2. The topological polar surface area (TPSA) is 55.8 Å². The van der Waals surface area contributed by atoms with E-state index in [1.165, 1.54) is 11.1 Å². The summed E-state index contributed by atoms with van der Waals surface area (Å²) in [5.41, 5.74) is 2.30. The van der Waals surface area contributed by atoms with Crippen molar-refractivity contribution >= 4 is 10.0 Å². The van der Waals surface area contributed by atoms with Crippen LogP contribution in [0.3, 0.4) is 0 Å². The minimum Gasteiger partial charge on any atom is -0.377 e. The van der Waals surface area contributed by atoms with E-state index in [9.17, 15) is 8.42 Å². The number of fused-ring (bicyclic) bond motifs is 2. The Bertz CT molecular complexity index is 736. The van der Waals surface area contributed by atoms with Crippen molar-refractivity contribution in [2.75, 3.05) is 32.1 Å². The molecule has 1 unspecified atom stereocenters. The molecule has 1 spiro atoms. The fraction of sp³-hybridized carbons (Fsp3) is 0.700. The Kier molecular flexibility index (Phi) is 5.12. The second-order valence-electron chi connectivity index (χ2n) is 7.76. The fourth-order valence-corrected chi connectivity index (χ4v) is 6.20. The second-order valence-corrected chi connectivity index (χ2v) is 9.77. The van der Waals surface area contributed by atoms with Gasteiger partial charge >= 0.3 is 0 Å². The molecule has 26 heavy (non-hydrogen) atoms. The van der Waals surface area contributed by atoms with Crippen molar-refractivity contribution in [1.82, 2.24) is 4.31 Å². The van der Waals surface area contributed by atoms with Gasteiger partial charge in [0, 0.05) is 19.7 Å². The van der Waals surface area contributed by atoms with Crippen LogP contribution in [0.4, 0.5) is 0 Å². The first-order valence-electron chi connectivity index (χ1n) is 9.86. The van der Waals surface area contributed by atoms with Crippen molar-refractivity contribution in [1.29, 1.82) is 0 Å². The molecule has 5 nitrogen and oxygen atoms in total. The summed E-state index contributed by atoms with van der Waals surface area (Å²) < 4.78 is 39.4. The van der Waals surface area contributed by atoms with Crippen LogP contribution in [0.25, 0.3) is 0 Å². The van der Waals surface area contributed by atoms with Crippen LogP contribution >= 0.6 is 0 Å². The van der Waals surface area contributed by atoms with Gasteiger partial charge in [-0.2, -0.15) is 0 Å². The first-order valence-corrected chi connectivity index (χ1v) is 11.5. The molecule has 0 amide bonds. The first kappa shape index (κ1) is 18.4. The summed E-state index contributed by atoms with van der Waals surface area (Å²) in [4.78, 5) is 0. The van der Waals surface area contributed by atoms with E-state index in [4.69, 9.17) is 9.47 Å². The lowest BCUT2D eigenvalue weighted by Gasteiger charge is -2.44. The monoisotopic (exact) mass is 379 g/mol. The lowest BCUT2D eigenvalue weighted by molar-refractivity contribution is -0.0892. The normalized spacial score (nSPS) is 24.3. The van der Waals surface area contributed by atoms with Gasteiger partial charge in [0.15, 0.2) is 0 Å². The molecule has 2 heterocycles. The predicted molar refractivity (Wildman–Crippen MR) is 101 cm³/mol. The lowest BCUT2D eigenvalue weighted by atomic mass is 9.80. The van der Waals surface area contributed by atoms with Gasteiger partial charge in [0.25, 0.3) is 0 Å². The molecule has 2 fully saturated rings. The number of piperidine rings is 1. The molecular formula is C20H29NO4S. The molecule has 2 aliphatic heterocycles. The Morgan fingerprint density at radius 2 is 2.00 bits per heavy atom. The van der Waals surface area contributed by atoms with Crippen LogP contribution in [-0.2, 0) is 31.5 Å². The quantitative estimate of drug-likeness (QED) is 0.763. The molecule has 1 saturated heterocycles. The number of hydrogen-bond donors (Lipinski definition) is 0. The summed E-state index contributed by atoms with van der Waals surface area (Å²) in [6, 6.07) is 8.45. The van der Waals surface area contributed by atoms with Gasteiger partial charge in [-0.05, 0) is 56.1 Å². The summed E-state index contributed by atoms with van der Waals surface area (Å²) in [6.45, 7) is 4.28. The SMILES string of the molecule is CCOC(CS(=O)(=O)N1CCC2(CC1)OCCc1ccccc12)C1CC1. The zero-order valence-corrected chi connectivity index (χ0v) is 16.3. The molecule has 3 aliphatic rings. The van der Waals surface area contributed by atoms with E-state index in [-0.39, 0.29) is 17.5 Å². The summed E-state index contributed by atoms with van der Waals surface area (Å²) in [5.74, 6) is 0.546. The smallest absolute Gasteiger partial charge is 0.216 e. The molecule has 144 valence electrons. The Morgan fingerprint density at radius 3 is 2.69 bits per heavy atom. The van der Waals surface area contributed by atoms with Gasteiger partial charge in [-0.1, -0.05) is 24.3 Å². The largest absolute Gasteiger partial charge is 0.377 e. The molecular weight excluding hydrogens is 350 g/mol. The van der Waals surface area contributed by atoms with Gasteiger partial charge in [0.2, 0.25) is 10.0 Å². The number of nitrogens with zero attached hydrogens (tertiary/aromatic N) is 1. The van der Waals surface area contributed by atoms with Crippen molar-refractivity contribution in [3.63, 3.8) is 0 Å². The highest BCUT2D eigenvalue weighted by molar-refractivity contribution is 7.89. The standard InChI is InChI=1S/C20H29NO4S/c1-2-24-19(17-7-8-17)15-26(22,23)21-12-10-20(11-13-21)18-6-4-3-5-16(18)9-14-25-20/h3-6,17,19H,2,7-15H2,1H3. The van der Waals surface area contributed by atoms with E-state index in [2.05, 4.69) is 24.3 Å². The molecule has 1 saturated carbocycles. The zero-order valence-electron chi connectivity index (χ0n) is 15.5. The minimum absolute atomic E-state index is 0.121. The molecule has 1 aromatic carbocycles. The second kappa shape index (κ2) is 7.23. The van der Waals surface area contributed by atoms with Crippen molar-refractivity contribution in [2.24, 2.45) is 5.92 Å². The molecule has 0 bridgehead atoms. The third-order valence-corrected chi connectivity index (χ3v) is 7.99. The number of sulfonamides is 1. The van der Waals surface area contributed by atoms with E-state index in [0.717, 1.165) is 38.7 Å². The number of hydrogen-bond acceptors (Lipinski definition) is 4. The first-order chi connectivity index (χ1) is 12.5. The van der Waals surface area contributed by atoms with Crippen LogP contribution in [0.15, 0.2) is 24.3 Å². The van der Waals surface area contributed by atoms with Crippen LogP contribution in [0.1, 0.15) is 43.7 Å². The average Bonchev–Trinajstić information content (AvgIpc) is 3.47. The van der Waals surface area contributed by atoms with E-state index in [1.807, 2.05) is 6.92 Å². The molecule has 1 aliphatic carbocycles. The molecule has 0 aromatic heterocycles. The van der Waals surface area contributed by atoms with Crippen molar-refractivity contribution in [2.45, 2.75) is 50.7 Å². The number of ether oxygens (including phenoxy) is 2. The van der Waals surface area contributed by atoms with Crippen LogP contribution in [0.2, 0.25) is 0 Å². The Balaban J connectivity index is 1.45. The predicted octanol–water partition coefficient (Wildman–Crippen LogP) is 2.70. The highest BCUT2D eigenvalue weighted by Crippen LogP contribution is 2.42. The van der Waals surface area contributed by atoms with E-state index < -0.39 is 10.0 Å². The van der Waals surface area contributed by atoms with E-state index in [0.29, 0.717) is 25.6 Å². The highest BCUT2D eigenvalue weighted by atomic mass is 32.2. The fourth-order valence-electron chi connectivity index (χ4n) is 4.47. The summed E-state index contributed by atoms with van der Waals surface area (Å²) >= 11 is 0. The molecule has 0 radical (unpaired) electrons. The summed E-state index contributed by atoms with van der Waals surface area (Å²) in [7, 11) is -3.29. The summed E-state index contributed by atoms with van der Waals surface area (Å²) in [6.07, 6.45) is 4.43. The molecule has 6 heteroatoms. The average molecular weight is 380 g/mol. The van der Waals surface area contributed by atoms with Gasteiger partial charge in [0.05, 0.1) is 24.1 Å². The van der Waals surface area contributed by atoms with Crippen molar-refractivity contribution < 1.29 is 17.9 Å². The third-order valence-electron chi connectivity index (χ3n) is 6.08. The number of benzene rings is 1. The van der Waals surface area contributed by atoms with Crippen LogP contribution < -0.4 is 0 Å². The molecule has 4 rings (SSSR count). The third kappa shape index (κ3) is 3.57. The highest BCUT2D eigenvalue weighted by Gasteiger charge is 2.44. The van der Waals surface area contributed by atoms with Crippen LogP contribution in [0, 0.1) is 5.92 Å². The van der Waals surface area contributed by atoms with Crippen molar-refractivity contribution in [3.05, 3.63) is 35.4 Å². The number of rotatable bonds is 6.